The van der Waals surface area contributed by atoms with Crippen LogP contribution < -0.4 is 15.0 Å². The molecular weight excluding hydrogens is 496 g/mol. The van der Waals surface area contributed by atoms with E-state index < -0.39 is 23.8 Å². The molecule has 0 radical (unpaired) electrons. The minimum atomic E-state index is -0.701. The van der Waals surface area contributed by atoms with Gasteiger partial charge in [0.1, 0.15) is 16.5 Å². The molecule has 4 rings (SSSR count). The van der Waals surface area contributed by atoms with Gasteiger partial charge >= 0.3 is 11.9 Å². The second-order valence-electron chi connectivity index (χ2n) is 7.96. The number of benzene rings is 3. The second-order valence-corrected chi connectivity index (χ2v) is 8.33. The fourth-order valence-electron chi connectivity index (χ4n) is 3.70. The van der Waals surface area contributed by atoms with E-state index >= 15 is 0 Å². The van der Waals surface area contributed by atoms with Gasteiger partial charge in [-0.15, -0.1) is 0 Å². The molecule has 0 saturated carbocycles. The molecule has 8 nitrogen and oxygen atoms in total. The van der Waals surface area contributed by atoms with Crippen LogP contribution >= 0.6 is 11.6 Å². The number of ether oxygens (including phenoxy) is 2. The van der Waals surface area contributed by atoms with Crippen molar-refractivity contribution in [1.29, 1.82) is 0 Å². The number of nitrogens with one attached hydrogen (secondary N) is 1. The quantitative estimate of drug-likeness (QED) is 0.252. The van der Waals surface area contributed by atoms with Crippen LogP contribution in [0.1, 0.15) is 40.1 Å². The molecule has 1 N–H and O–H groups in total. The van der Waals surface area contributed by atoms with Gasteiger partial charge in [-0.3, -0.25) is 9.59 Å². The highest BCUT2D eigenvalue weighted by atomic mass is 35.5. The molecule has 0 saturated heterocycles. The van der Waals surface area contributed by atoms with Crippen molar-refractivity contribution >= 4 is 46.7 Å². The summed E-state index contributed by atoms with van der Waals surface area (Å²) in [7, 11) is 0. The van der Waals surface area contributed by atoms with Crippen LogP contribution in [0.3, 0.4) is 0 Å². The number of aryl methyl sites for hydroxylation is 1. The van der Waals surface area contributed by atoms with Gasteiger partial charge in [-0.2, -0.15) is 0 Å². The van der Waals surface area contributed by atoms with Crippen LogP contribution in [0.4, 0.5) is 11.4 Å². The maximum Gasteiger partial charge on any atom is 0.343 e. The Balaban J connectivity index is 1.46. The Morgan fingerprint density at radius 3 is 2.11 bits per heavy atom. The molecule has 0 aromatic heterocycles. The average molecular weight is 519 g/mol. The molecule has 0 unspecified atom stereocenters. The molecule has 2 amide bonds. The number of para-hydroxylation sites is 1. The van der Waals surface area contributed by atoms with Crippen LogP contribution in [-0.4, -0.2) is 30.4 Å². The third kappa shape index (κ3) is 5.39. The summed E-state index contributed by atoms with van der Waals surface area (Å²) in [6.45, 7) is 3.90. The highest BCUT2D eigenvalue weighted by Crippen LogP contribution is 2.30. The third-order valence-electron chi connectivity index (χ3n) is 5.61. The number of rotatable bonds is 8. The fourth-order valence-corrected chi connectivity index (χ4v) is 3.91. The molecule has 0 bridgehead atoms. The van der Waals surface area contributed by atoms with E-state index in [1.165, 1.54) is 24.3 Å². The number of halogens is 1. The van der Waals surface area contributed by atoms with Gasteiger partial charge in [0.05, 0.1) is 23.4 Å². The summed E-state index contributed by atoms with van der Waals surface area (Å²) in [5.41, 5.74) is 2.11. The van der Waals surface area contributed by atoms with Crippen molar-refractivity contribution in [2.24, 2.45) is 0 Å². The molecule has 0 spiro atoms. The summed E-state index contributed by atoms with van der Waals surface area (Å²) in [4.78, 5) is 51.1. The Bertz CT molecular complexity index is 1400. The molecule has 3 aromatic rings. The first-order valence-corrected chi connectivity index (χ1v) is 11.9. The van der Waals surface area contributed by atoms with E-state index in [1.54, 1.807) is 43.3 Å². The Hall–Kier alpha value is -4.43. The van der Waals surface area contributed by atoms with E-state index in [0.29, 0.717) is 22.6 Å². The molecule has 3 aromatic carbocycles. The lowest BCUT2D eigenvalue weighted by atomic mass is 10.1. The van der Waals surface area contributed by atoms with Gasteiger partial charge in [0.25, 0.3) is 11.8 Å². The molecule has 188 valence electrons. The molecule has 0 aliphatic carbocycles. The molecule has 1 aliphatic heterocycles. The predicted molar refractivity (Wildman–Crippen MR) is 139 cm³/mol. The van der Waals surface area contributed by atoms with Gasteiger partial charge in [0, 0.05) is 5.69 Å². The summed E-state index contributed by atoms with van der Waals surface area (Å²) < 4.78 is 10.5. The number of carbonyl (C=O) groups is 4. The van der Waals surface area contributed by atoms with Crippen LogP contribution in [0.25, 0.3) is 0 Å². The summed E-state index contributed by atoms with van der Waals surface area (Å²) >= 11 is 6.20. The number of hydrogen-bond acceptors (Lipinski definition) is 7. The Labute approximate surface area is 218 Å². The van der Waals surface area contributed by atoms with Crippen molar-refractivity contribution in [3.63, 3.8) is 0 Å². The van der Waals surface area contributed by atoms with E-state index in [-0.39, 0.29) is 23.0 Å². The fraction of sp³-hybridized carbons (Fsp3) is 0.143. The van der Waals surface area contributed by atoms with Crippen LogP contribution in [-0.2, 0) is 20.7 Å². The van der Waals surface area contributed by atoms with E-state index in [9.17, 15) is 19.2 Å². The summed E-state index contributed by atoms with van der Waals surface area (Å²) in [5.74, 6) is -1.88. The van der Waals surface area contributed by atoms with Crippen LogP contribution in [0, 0.1) is 0 Å². The zero-order valence-electron chi connectivity index (χ0n) is 20.1. The van der Waals surface area contributed by atoms with Crippen molar-refractivity contribution in [2.75, 3.05) is 16.8 Å². The minimum Gasteiger partial charge on any atom is -0.462 e. The Morgan fingerprint density at radius 1 is 0.838 bits per heavy atom. The first kappa shape index (κ1) is 25.7. The number of amides is 2. The van der Waals surface area contributed by atoms with Gasteiger partial charge in [0.15, 0.2) is 0 Å². The van der Waals surface area contributed by atoms with Gasteiger partial charge in [0.2, 0.25) is 0 Å². The number of imide groups is 1. The lowest BCUT2D eigenvalue weighted by Gasteiger charge is -2.15. The van der Waals surface area contributed by atoms with Crippen molar-refractivity contribution in [2.45, 2.75) is 20.3 Å². The normalized spacial score (nSPS) is 13.1. The molecular formula is C28H23ClN2O6. The minimum absolute atomic E-state index is 0.103. The van der Waals surface area contributed by atoms with E-state index in [4.69, 9.17) is 21.1 Å². The molecule has 0 fully saturated rings. The first-order valence-electron chi connectivity index (χ1n) is 11.6. The highest BCUT2D eigenvalue weighted by molar-refractivity contribution is 6.53. The molecule has 0 atom stereocenters. The summed E-state index contributed by atoms with van der Waals surface area (Å²) in [6.07, 6.45) is 0.724. The smallest absolute Gasteiger partial charge is 0.343 e. The number of anilines is 2. The molecule has 1 heterocycles. The molecule has 9 heteroatoms. The predicted octanol–water partition coefficient (Wildman–Crippen LogP) is 5.08. The van der Waals surface area contributed by atoms with E-state index in [0.717, 1.165) is 16.9 Å². The zero-order valence-corrected chi connectivity index (χ0v) is 20.9. The summed E-state index contributed by atoms with van der Waals surface area (Å²) in [6, 6.07) is 19.4. The van der Waals surface area contributed by atoms with E-state index in [1.807, 2.05) is 19.1 Å². The average Bonchev–Trinajstić information content (AvgIpc) is 3.12. The van der Waals surface area contributed by atoms with Gasteiger partial charge in [-0.05, 0) is 73.5 Å². The van der Waals surface area contributed by atoms with E-state index in [2.05, 4.69) is 5.32 Å². The van der Waals surface area contributed by atoms with Gasteiger partial charge in [-0.25, -0.2) is 14.5 Å². The number of nitrogens with zero attached hydrogens (tertiary/aromatic N) is 1. The van der Waals surface area contributed by atoms with Crippen molar-refractivity contribution in [1.82, 2.24) is 0 Å². The van der Waals surface area contributed by atoms with Crippen LogP contribution in [0.2, 0.25) is 0 Å². The SMILES string of the molecule is CCOC(=O)c1ccc(N2C(=O)C(Cl)=C(Nc3ccc(C(=O)Oc4ccccc4CC)cc3)C2=O)cc1. The maximum atomic E-state index is 13.0. The largest absolute Gasteiger partial charge is 0.462 e. The van der Waals surface area contributed by atoms with Crippen LogP contribution in [0.15, 0.2) is 83.5 Å². The lowest BCUT2D eigenvalue weighted by molar-refractivity contribution is -0.120. The number of hydrogen-bond donors (Lipinski definition) is 1. The lowest BCUT2D eigenvalue weighted by Crippen LogP contribution is -2.32. The monoisotopic (exact) mass is 518 g/mol. The van der Waals surface area contributed by atoms with Crippen molar-refractivity contribution in [3.05, 3.63) is 100 Å². The molecule has 1 aliphatic rings. The van der Waals surface area contributed by atoms with Gasteiger partial charge in [-0.1, -0.05) is 36.7 Å². The Kier molecular flexibility index (Phi) is 7.69. The maximum absolute atomic E-state index is 13.0. The zero-order chi connectivity index (χ0) is 26.5. The highest BCUT2D eigenvalue weighted by Gasteiger charge is 2.39. The third-order valence-corrected chi connectivity index (χ3v) is 5.96. The first-order chi connectivity index (χ1) is 17.8. The number of carbonyl (C=O) groups excluding carboxylic acids is 4. The van der Waals surface area contributed by atoms with Crippen molar-refractivity contribution in [3.8, 4) is 5.75 Å². The standard InChI is InChI=1S/C28H23ClN2O6/c1-3-17-7-5-6-8-22(17)37-28(35)19-9-13-20(14-10-19)30-24-23(29)25(32)31(26(24)33)21-15-11-18(12-16-21)27(34)36-4-2/h5-16,30H,3-4H2,1-2H3. The second kappa shape index (κ2) is 11.1. The summed E-state index contributed by atoms with van der Waals surface area (Å²) in [5, 5.41) is 2.58. The van der Waals surface area contributed by atoms with Crippen LogP contribution in [0.5, 0.6) is 5.75 Å². The topological polar surface area (TPSA) is 102 Å². The van der Waals surface area contributed by atoms with Gasteiger partial charge < -0.3 is 14.8 Å². The number of esters is 2. The molecule has 37 heavy (non-hydrogen) atoms. The Morgan fingerprint density at radius 2 is 1.46 bits per heavy atom. The van der Waals surface area contributed by atoms with Crippen molar-refractivity contribution < 1.29 is 28.7 Å².